The van der Waals surface area contributed by atoms with Crippen molar-refractivity contribution in [3.8, 4) is 17.2 Å². The van der Waals surface area contributed by atoms with Gasteiger partial charge in [0.25, 0.3) is 11.8 Å². The maximum atomic E-state index is 12.8. The molecule has 0 atom stereocenters. The van der Waals surface area contributed by atoms with Gasteiger partial charge >= 0.3 is 0 Å². The molecule has 1 saturated heterocycles. The molecule has 1 heterocycles. The maximum absolute atomic E-state index is 12.8. The normalized spacial score (nSPS) is 14.1. The van der Waals surface area contributed by atoms with E-state index in [1.54, 1.807) is 7.11 Å². The summed E-state index contributed by atoms with van der Waals surface area (Å²) < 4.78 is 15.8. The number of methoxy groups -OCH3 is 2. The minimum absolute atomic E-state index is 0.0533. The minimum Gasteiger partial charge on any atom is -0.497 e. The molecule has 9 heteroatoms. The number of halogens is 1. The average Bonchev–Trinajstić information content (AvgIpc) is 2.78. The molecule has 8 nitrogen and oxygen atoms in total. The number of hydrogen-bond donors (Lipinski definition) is 2. The highest BCUT2D eigenvalue weighted by Gasteiger charge is 2.23. The fourth-order valence-corrected chi connectivity index (χ4v) is 3.74. The number of nitrogens with zero attached hydrogens (tertiary/aromatic N) is 1. The van der Waals surface area contributed by atoms with Crippen molar-refractivity contribution in [3.05, 3.63) is 47.0 Å². The van der Waals surface area contributed by atoms with Gasteiger partial charge in [-0.05, 0) is 49.2 Å². The minimum atomic E-state index is -0.638. The van der Waals surface area contributed by atoms with E-state index in [4.69, 9.17) is 31.5 Å². The van der Waals surface area contributed by atoms with Crippen LogP contribution in [-0.2, 0) is 4.79 Å². The van der Waals surface area contributed by atoms with Crippen LogP contribution < -0.4 is 30.2 Å². The van der Waals surface area contributed by atoms with E-state index in [9.17, 15) is 9.59 Å². The molecule has 2 aromatic carbocycles. The zero-order valence-electron chi connectivity index (χ0n) is 17.5. The molecular weight excluding hydrogens is 422 g/mol. The molecule has 1 fully saturated rings. The molecular formula is C22H26ClN3O5. The number of nitrogens with two attached hydrogens (primary N) is 1. The van der Waals surface area contributed by atoms with Gasteiger partial charge in [-0.3, -0.25) is 9.59 Å². The van der Waals surface area contributed by atoms with Crippen LogP contribution in [0.1, 0.15) is 23.2 Å². The van der Waals surface area contributed by atoms with E-state index in [1.807, 2.05) is 24.3 Å². The van der Waals surface area contributed by atoms with Crippen molar-refractivity contribution in [2.75, 3.05) is 38.8 Å². The summed E-state index contributed by atoms with van der Waals surface area (Å²) in [4.78, 5) is 26.0. The molecule has 0 aliphatic carbocycles. The van der Waals surface area contributed by atoms with Crippen molar-refractivity contribution in [1.82, 2.24) is 5.32 Å². The van der Waals surface area contributed by atoms with Crippen molar-refractivity contribution in [3.63, 3.8) is 0 Å². The number of carbonyl (C=O) groups excluding carboxylic acids is 2. The predicted octanol–water partition coefficient (Wildman–Crippen LogP) is 2.62. The van der Waals surface area contributed by atoms with Gasteiger partial charge in [0.2, 0.25) is 0 Å². The Morgan fingerprint density at radius 1 is 1.13 bits per heavy atom. The Morgan fingerprint density at radius 2 is 1.81 bits per heavy atom. The average molecular weight is 448 g/mol. The van der Waals surface area contributed by atoms with E-state index in [0.717, 1.165) is 37.4 Å². The number of ether oxygens (including phenoxy) is 3. The molecule has 0 spiro atoms. The van der Waals surface area contributed by atoms with Gasteiger partial charge < -0.3 is 30.2 Å². The Balaban J connectivity index is 1.60. The third-order valence-corrected chi connectivity index (χ3v) is 5.40. The van der Waals surface area contributed by atoms with E-state index in [2.05, 4.69) is 10.2 Å². The van der Waals surface area contributed by atoms with Gasteiger partial charge in [0, 0.05) is 30.4 Å². The molecule has 2 amide bonds. The van der Waals surface area contributed by atoms with Crippen molar-refractivity contribution < 1.29 is 23.8 Å². The van der Waals surface area contributed by atoms with Crippen molar-refractivity contribution >= 4 is 29.1 Å². The summed E-state index contributed by atoms with van der Waals surface area (Å²) in [5, 5.41) is 3.23. The van der Waals surface area contributed by atoms with E-state index in [-0.39, 0.29) is 35.1 Å². The van der Waals surface area contributed by atoms with Crippen LogP contribution in [0.3, 0.4) is 0 Å². The molecule has 3 rings (SSSR count). The fraction of sp³-hybridized carbons (Fsp3) is 0.364. The van der Waals surface area contributed by atoms with E-state index in [1.165, 1.54) is 19.2 Å². The third kappa shape index (κ3) is 5.73. The van der Waals surface area contributed by atoms with Crippen LogP contribution in [0.4, 0.5) is 5.69 Å². The quantitative estimate of drug-likeness (QED) is 0.644. The van der Waals surface area contributed by atoms with Gasteiger partial charge in [-0.25, -0.2) is 0 Å². The first kappa shape index (κ1) is 22.6. The first-order valence-corrected chi connectivity index (χ1v) is 10.3. The summed E-state index contributed by atoms with van der Waals surface area (Å²) in [7, 11) is 3.08. The number of carbonyl (C=O) groups is 2. The molecule has 1 aliphatic rings. The third-order valence-electron chi connectivity index (χ3n) is 5.12. The van der Waals surface area contributed by atoms with Crippen LogP contribution in [0.5, 0.6) is 17.2 Å². The molecule has 0 saturated carbocycles. The summed E-state index contributed by atoms with van der Waals surface area (Å²) in [6, 6.07) is 11.0. The highest BCUT2D eigenvalue weighted by Crippen LogP contribution is 2.36. The number of hydrogen-bond acceptors (Lipinski definition) is 6. The smallest absolute Gasteiger partial charge is 0.255 e. The standard InChI is InChI=1S/C22H26ClN3O5/c1-29-17-5-3-16(4-6-17)26-9-7-15(8-10-26)25-22(28)14-11-18(23)21(19(12-14)30-2)31-13-20(24)27/h3-6,11-12,15H,7-10,13H2,1-2H3,(H2,24,27)(H,25,28). The van der Waals surface area contributed by atoms with Gasteiger partial charge in [-0.2, -0.15) is 0 Å². The molecule has 3 N–H and O–H groups in total. The molecule has 166 valence electrons. The summed E-state index contributed by atoms with van der Waals surface area (Å²) in [6.07, 6.45) is 1.64. The van der Waals surface area contributed by atoms with Crippen molar-refractivity contribution in [2.24, 2.45) is 5.73 Å². The lowest BCUT2D eigenvalue weighted by Gasteiger charge is -2.34. The van der Waals surface area contributed by atoms with Crippen molar-refractivity contribution in [2.45, 2.75) is 18.9 Å². The van der Waals surface area contributed by atoms with E-state index >= 15 is 0 Å². The fourth-order valence-electron chi connectivity index (χ4n) is 3.48. The van der Waals surface area contributed by atoms with Gasteiger partial charge in [0.15, 0.2) is 18.1 Å². The topological polar surface area (TPSA) is 103 Å². The van der Waals surface area contributed by atoms with Gasteiger partial charge in [0.05, 0.1) is 19.2 Å². The Bertz CT molecular complexity index is 927. The number of benzene rings is 2. The van der Waals surface area contributed by atoms with Gasteiger partial charge in [0.1, 0.15) is 5.75 Å². The second-order valence-corrected chi connectivity index (χ2v) is 7.58. The first-order valence-electron chi connectivity index (χ1n) is 9.89. The van der Waals surface area contributed by atoms with Crippen LogP contribution >= 0.6 is 11.6 Å². The molecule has 0 bridgehead atoms. The zero-order chi connectivity index (χ0) is 22.4. The molecule has 0 aromatic heterocycles. The molecule has 31 heavy (non-hydrogen) atoms. The van der Waals surface area contributed by atoms with Gasteiger partial charge in [-0.15, -0.1) is 0 Å². The summed E-state index contributed by atoms with van der Waals surface area (Å²) in [6.45, 7) is 1.33. The lowest BCUT2D eigenvalue weighted by Crippen LogP contribution is -2.44. The number of nitrogens with one attached hydrogen (secondary N) is 1. The Kier molecular flexibility index (Phi) is 7.46. The second kappa shape index (κ2) is 10.3. The molecule has 0 unspecified atom stereocenters. The van der Waals surface area contributed by atoms with E-state index in [0.29, 0.717) is 5.56 Å². The van der Waals surface area contributed by atoms with Crippen LogP contribution in [0.25, 0.3) is 0 Å². The van der Waals surface area contributed by atoms with Crippen molar-refractivity contribution in [1.29, 1.82) is 0 Å². The number of amides is 2. The first-order chi connectivity index (χ1) is 14.9. The van der Waals surface area contributed by atoms with Crippen LogP contribution in [0, 0.1) is 0 Å². The number of primary amides is 1. The van der Waals surface area contributed by atoms with Gasteiger partial charge in [-0.1, -0.05) is 11.6 Å². The van der Waals surface area contributed by atoms with Crippen LogP contribution in [0.15, 0.2) is 36.4 Å². The Hall–Kier alpha value is -3.13. The Morgan fingerprint density at radius 3 is 2.39 bits per heavy atom. The largest absolute Gasteiger partial charge is 0.497 e. The number of rotatable bonds is 8. The summed E-state index contributed by atoms with van der Waals surface area (Å²) >= 11 is 6.24. The number of anilines is 1. The molecule has 1 aliphatic heterocycles. The number of piperidine rings is 1. The lowest BCUT2D eigenvalue weighted by atomic mass is 10.0. The van der Waals surface area contributed by atoms with E-state index < -0.39 is 5.91 Å². The second-order valence-electron chi connectivity index (χ2n) is 7.18. The monoisotopic (exact) mass is 447 g/mol. The molecule has 0 radical (unpaired) electrons. The van der Waals surface area contributed by atoms with Crippen LogP contribution in [0.2, 0.25) is 5.02 Å². The summed E-state index contributed by atoms with van der Waals surface area (Å²) in [5.41, 5.74) is 6.59. The predicted molar refractivity (Wildman–Crippen MR) is 118 cm³/mol. The lowest BCUT2D eigenvalue weighted by molar-refractivity contribution is -0.119. The summed E-state index contributed by atoms with van der Waals surface area (Å²) in [5.74, 6) is 0.372. The Labute approximate surface area is 186 Å². The maximum Gasteiger partial charge on any atom is 0.255 e. The molecule has 2 aromatic rings. The highest BCUT2D eigenvalue weighted by atomic mass is 35.5. The SMILES string of the molecule is COc1ccc(N2CCC(NC(=O)c3cc(Cl)c(OCC(N)=O)c(OC)c3)CC2)cc1. The highest BCUT2D eigenvalue weighted by molar-refractivity contribution is 6.32. The van der Waals surface area contributed by atoms with Crippen LogP contribution in [-0.4, -0.2) is 51.8 Å². The zero-order valence-corrected chi connectivity index (χ0v) is 18.3.